The number of benzene rings is 1. The first-order chi connectivity index (χ1) is 8.49. The van der Waals surface area contributed by atoms with Crippen molar-refractivity contribution in [3.8, 4) is 0 Å². The van der Waals surface area contributed by atoms with E-state index in [1.54, 1.807) is 0 Å². The lowest BCUT2D eigenvalue weighted by Gasteiger charge is -2.15. The minimum absolute atomic E-state index is 0.0483. The Morgan fingerprint density at radius 3 is 2.78 bits per heavy atom. The van der Waals surface area contributed by atoms with E-state index >= 15 is 0 Å². The van der Waals surface area contributed by atoms with Crippen LogP contribution in [0.5, 0.6) is 0 Å². The zero-order chi connectivity index (χ0) is 13.3. The Kier molecular flexibility index (Phi) is 3.24. The van der Waals surface area contributed by atoms with Crippen LogP contribution in [0.2, 0.25) is 0 Å². The molecule has 1 aliphatic rings. The van der Waals surface area contributed by atoms with Gasteiger partial charge < -0.3 is 10.0 Å². The maximum atomic E-state index is 13.4. The van der Waals surface area contributed by atoms with Gasteiger partial charge >= 0.3 is 5.69 Å². The zero-order valence-corrected chi connectivity index (χ0v) is 9.38. The van der Waals surface area contributed by atoms with Crippen LogP contribution in [0.3, 0.4) is 0 Å². The largest absolute Gasteiger partial charge is 0.391 e. The van der Waals surface area contributed by atoms with Crippen molar-refractivity contribution in [1.29, 1.82) is 0 Å². The number of hydrogen-bond acceptors (Lipinski definition) is 4. The first kappa shape index (κ1) is 12.4. The minimum Gasteiger partial charge on any atom is -0.391 e. The van der Waals surface area contributed by atoms with E-state index < -0.39 is 28.4 Å². The van der Waals surface area contributed by atoms with Gasteiger partial charge in [0, 0.05) is 24.7 Å². The molecule has 0 saturated carbocycles. The van der Waals surface area contributed by atoms with Crippen molar-refractivity contribution in [1.82, 2.24) is 4.90 Å². The fourth-order valence-corrected chi connectivity index (χ4v) is 1.90. The molecule has 1 aromatic carbocycles. The van der Waals surface area contributed by atoms with Crippen molar-refractivity contribution in [2.75, 3.05) is 13.1 Å². The number of halogens is 1. The summed E-state index contributed by atoms with van der Waals surface area (Å²) in [4.78, 5) is 22.9. The Morgan fingerprint density at radius 1 is 1.56 bits per heavy atom. The Bertz CT molecular complexity index is 506. The topological polar surface area (TPSA) is 83.7 Å². The predicted molar refractivity (Wildman–Crippen MR) is 59.6 cm³/mol. The normalized spacial score (nSPS) is 19.0. The summed E-state index contributed by atoms with van der Waals surface area (Å²) in [6, 6.07) is 3.04. The van der Waals surface area contributed by atoms with Crippen molar-refractivity contribution < 1.29 is 19.2 Å². The summed E-state index contributed by atoms with van der Waals surface area (Å²) in [6.07, 6.45) is -0.0712. The number of nitro benzene ring substituents is 1. The van der Waals surface area contributed by atoms with Crippen LogP contribution in [0.25, 0.3) is 0 Å². The zero-order valence-electron chi connectivity index (χ0n) is 9.38. The standard InChI is InChI=1S/C11H11FN2O4/c12-9-5-7(1-2-10(9)14(17)18)11(16)13-4-3-8(15)6-13/h1-2,5,8,15H,3-4,6H2. The summed E-state index contributed by atoms with van der Waals surface area (Å²) in [6.45, 7) is 0.607. The minimum atomic E-state index is -1.04. The molecule has 0 spiro atoms. The molecular formula is C11H11FN2O4. The highest BCUT2D eigenvalue weighted by molar-refractivity contribution is 5.94. The fourth-order valence-electron chi connectivity index (χ4n) is 1.90. The molecule has 0 radical (unpaired) electrons. The van der Waals surface area contributed by atoms with Gasteiger partial charge in [0.15, 0.2) is 0 Å². The molecule has 1 heterocycles. The Morgan fingerprint density at radius 2 is 2.28 bits per heavy atom. The molecule has 1 saturated heterocycles. The number of hydrogen-bond donors (Lipinski definition) is 1. The summed E-state index contributed by atoms with van der Waals surface area (Å²) < 4.78 is 13.4. The molecule has 96 valence electrons. The summed E-state index contributed by atoms with van der Waals surface area (Å²) in [5.74, 6) is -1.47. The highest BCUT2D eigenvalue weighted by Gasteiger charge is 2.26. The molecule has 18 heavy (non-hydrogen) atoms. The van der Waals surface area contributed by atoms with Gasteiger partial charge in [-0.15, -0.1) is 0 Å². The highest BCUT2D eigenvalue weighted by Crippen LogP contribution is 2.20. The van der Waals surface area contributed by atoms with E-state index in [1.807, 2.05) is 0 Å². The van der Waals surface area contributed by atoms with E-state index in [0.29, 0.717) is 13.0 Å². The van der Waals surface area contributed by atoms with E-state index in [2.05, 4.69) is 0 Å². The molecule has 7 heteroatoms. The van der Waals surface area contributed by atoms with Crippen LogP contribution in [-0.2, 0) is 0 Å². The third kappa shape index (κ3) is 2.30. The van der Waals surface area contributed by atoms with Gasteiger partial charge in [0.25, 0.3) is 5.91 Å². The fraction of sp³-hybridized carbons (Fsp3) is 0.364. The number of amides is 1. The number of aliphatic hydroxyl groups is 1. The summed E-state index contributed by atoms with van der Waals surface area (Å²) >= 11 is 0. The number of nitrogens with zero attached hydrogens (tertiary/aromatic N) is 2. The van der Waals surface area contributed by atoms with Crippen LogP contribution in [0.1, 0.15) is 16.8 Å². The third-order valence-corrected chi connectivity index (χ3v) is 2.84. The molecule has 1 atom stereocenters. The van der Waals surface area contributed by atoms with E-state index in [9.17, 15) is 24.4 Å². The number of carbonyl (C=O) groups is 1. The lowest BCUT2D eigenvalue weighted by Crippen LogP contribution is -2.29. The average molecular weight is 254 g/mol. The molecule has 1 amide bonds. The van der Waals surface area contributed by atoms with Crippen molar-refractivity contribution in [2.24, 2.45) is 0 Å². The second kappa shape index (κ2) is 4.69. The number of carbonyl (C=O) groups excluding carboxylic acids is 1. The molecule has 0 bridgehead atoms. The SMILES string of the molecule is O=C(c1ccc([N+](=O)[O-])c(F)c1)N1CCC(O)C1. The molecule has 1 aromatic rings. The van der Waals surface area contributed by atoms with Gasteiger partial charge in [-0.25, -0.2) is 0 Å². The number of β-amino-alcohol motifs (C(OH)–C–C–N with tert-alkyl or cyclic N) is 1. The Labute approximate surface area is 102 Å². The molecule has 2 rings (SSSR count). The Balaban J connectivity index is 2.21. The molecule has 0 aromatic heterocycles. The van der Waals surface area contributed by atoms with Gasteiger partial charge in [-0.3, -0.25) is 14.9 Å². The van der Waals surface area contributed by atoms with Crippen LogP contribution in [-0.4, -0.2) is 40.0 Å². The molecule has 1 N–H and O–H groups in total. The first-order valence-corrected chi connectivity index (χ1v) is 5.40. The van der Waals surface area contributed by atoms with E-state index in [-0.39, 0.29) is 12.1 Å². The van der Waals surface area contributed by atoms with Crippen molar-refractivity contribution in [3.63, 3.8) is 0 Å². The first-order valence-electron chi connectivity index (χ1n) is 5.40. The molecule has 1 unspecified atom stereocenters. The highest BCUT2D eigenvalue weighted by atomic mass is 19.1. The van der Waals surface area contributed by atoms with Crippen LogP contribution in [0.15, 0.2) is 18.2 Å². The van der Waals surface area contributed by atoms with Gasteiger partial charge in [-0.1, -0.05) is 0 Å². The van der Waals surface area contributed by atoms with Crippen LogP contribution >= 0.6 is 0 Å². The van der Waals surface area contributed by atoms with Gasteiger partial charge in [-0.05, 0) is 18.6 Å². The lowest BCUT2D eigenvalue weighted by atomic mass is 10.1. The summed E-state index contributed by atoms with van der Waals surface area (Å²) in [5, 5.41) is 19.7. The molecular weight excluding hydrogens is 243 g/mol. The number of rotatable bonds is 2. The van der Waals surface area contributed by atoms with E-state index in [0.717, 1.165) is 12.1 Å². The van der Waals surface area contributed by atoms with Gasteiger partial charge in [0.1, 0.15) is 0 Å². The predicted octanol–water partition coefficient (Wildman–Crippen LogP) is 0.941. The quantitative estimate of drug-likeness (QED) is 0.628. The van der Waals surface area contributed by atoms with Crippen molar-refractivity contribution in [3.05, 3.63) is 39.7 Å². The van der Waals surface area contributed by atoms with Crippen LogP contribution in [0, 0.1) is 15.9 Å². The summed E-state index contributed by atoms with van der Waals surface area (Å²) in [5.41, 5.74) is -0.611. The van der Waals surface area contributed by atoms with Gasteiger partial charge in [0.2, 0.25) is 5.82 Å². The van der Waals surface area contributed by atoms with Crippen LogP contribution in [0.4, 0.5) is 10.1 Å². The third-order valence-electron chi connectivity index (χ3n) is 2.84. The smallest absolute Gasteiger partial charge is 0.304 e. The van der Waals surface area contributed by atoms with Crippen molar-refractivity contribution in [2.45, 2.75) is 12.5 Å². The van der Waals surface area contributed by atoms with E-state index in [4.69, 9.17) is 0 Å². The van der Waals surface area contributed by atoms with E-state index in [1.165, 1.54) is 11.0 Å². The van der Waals surface area contributed by atoms with Crippen molar-refractivity contribution >= 4 is 11.6 Å². The van der Waals surface area contributed by atoms with Gasteiger partial charge in [0.05, 0.1) is 11.0 Å². The molecule has 0 aliphatic carbocycles. The lowest BCUT2D eigenvalue weighted by molar-refractivity contribution is -0.387. The number of likely N-dealkylation sites (tertiary alicyclic amines) is 1. The molecule has 6 nitrogen and oxygen atoms in total. The number of aliphatic hydroxyl groups excluding tert-OH is 1. The van der Waals surface area contributed by atoms with Gasteiger partial charge in [-0.2, -0.15) is 4.39 Å². The molecule has 1 aliphatic heterocycles. The average Bonchev–Trinajstić information content (AvgIpc) is 2.74. The number of nitro groups is 1. The Hall–Kier alpha value is -2.02. The second-order valence-electron chi connectivity index (χ2n) is 4.12. The molecule has 1 fully saturated rings. The summed E-state index contributed by atoms with van der Waals surface area (Å²) in [7, 11) is 0. The maximum absolute atomic E-state index is 13.4. The van der Waals surface area contributed by atoms with Crippen LogP contribution < -0.4 is 0 Å². The monoisotopic (exact) mass is 254 g/mol. The second-order valence-corrected chi connectivity index (χ2v) is 4.12. The maximum Gasteiger partial charge on any atom is 0.304 e.